The van der Waals surface area contributed by atoms with Crippen LogP contribution in [0.1, 0.15) is 98.3 Å². The molecule has 178 valence electrons. The van der Waals surface area contributed by atoms with Gasteiger partial charge >= 0.3 is 0 Å². The van der Waals surface area contributed by atoms with Gasteiger partial charge in [-0.2, -0.15) is 0 Å². The average molecular weight is 434 g/mol. The van der Waals surface area contributed by atoms with Crippen LogP contribution < -0.4 is 5.32 Å². The topological polar surface area (TPSA) is 29.1 Å². The highest BCUT2D eigenvalue weighted by molar-refractivity contribution is 5.78. The van der Waals surface area contributed by atoms with Crippen molar-refractivity contribution in [1.29, 1.82) is 0 Å². The van der Waals surface area contributed by atoms with E-state index in [1.54, 1.807) is 0 Å². The van der Waals surface area contributed by atoms with Crippen molar-refractivity contribution < 1.29 is 9.18 Å². The van der Waals surface area contributed by atoms with Gasteiger partial charge in [0.2, 0.25) is 5.91 Å². The van der Waals surface area contributed by atoms with Gasteiger partial charge in [-0.3, -0.25) is 4.79 Å². The third-order valence-electron chi connectivity index (χ3n) is 5.42. The second kappa shape index (κ2) is 20.3. The lowest BCUT2D eigenvalue weighted by Gasteiger charge is -2.19. The predicted molar refractivity (Wildman–Crippen MR) is 135 cm³/mol. The Balaban J connectivity index is 3.79. The molecule has 0 unspecified atom stereocenters. The van der Waals surface area contributed by atoms with Crippen LogP contribution in [0.3, 0.4) is 0 Å². The van der Waals surface area contributed by atoms with Crippen LogP contribution in [-0.2, 0) is 4.79 Å². The fraction of sp³-hybridized carbons (Fsp3) is 0.679. The molecule has 1 atom stereocenters. The molecule has 0 radical (unpaired) electrons. The Labute approximate surface area is 192 Å². The molecule has 0 aliphatic rings. The van der Waals surface area contributed by atoms with Gasteiger partial charge in [0.15, 0.2) is 0 Å². The molecule has 0 aromatic rings. The number of hydrogen-bond donors (Lipinski definition) is 1. The summed E-state index contributed by atoms with van der Waals surface area (Å²) in [5, 5.41) is 2.59. The minimum absolute atomic E-state index is 0.0569. The maximum Gasteiger partial charge on any atom is 0.222 e. The second-order valence-corrected chi connectivity index (χ2v) is 9.13. The minimum Gasteiger partial charge on any atom is -0.353 e. The van der Waals surface area contributed by atoms with Crippen LogP contribution in [0.15, 0.2) is 48.6 Å². The summed E-state index contributed by atoms with van der Waals surface area (Å²) in [4.78, 5) is 11.6. The summed E-state index contributed by atoms with van der Waals surface area (Å²) >= 11 is 0. The van der Waals surface area contributed by atoms with Gasteiger partial charge in [0.1, 0.15) is 6.67 Å². The molecule has 1 amide bonds. The summed E-state index contributed by atoms with van der Waals surface area (Å²) in [6.07, 6.45) is 30.4. The predicted octanol–water partition coefficient (Wildman–Crippen LogP) is 8.27. The Hall–Kier alpha value is -1.64. The molecule has 31 heavy (non-hydrogen) atoms. The standard InChI is InChI=1S/C28H48FNO/c1-5-6-7-16-19-22-28(3,4)23-20-17-14-12-10-8-9-11-13-15-18-21-26(2)27(31)30-25-24-29/h8-9,12-15,20,23,26H,5-7,10-11,16-19,21-22,24-25H2,1-4H3,(H,30,31)/b9-8-,14-12-,15-13-,23-20-/t26-/m0/s1. The molecule has 0 rings (SSSR count). The summed E-state index contributed by atoms with van der Waals surface area (Å²) in [6.45, 7) is 8.44. The molecule has 0 saturated carbocycles. The lowest BCUT2D eigenvalue weighted by atomic mass is 9.86. The maximum absolute atomic E-state index is 12.0. The Morgan fingerprint density at radius 1 is 0.903 bits per heavy atom. The van der Waals surface area contributed by atoms with E-state index in [4.69, 9.17) is 0 Å². The van der Waals surface area contributed by atoms with Crippen molar-refractivity contribution in [3.8, 4) is 0 Å². The number of alkyl halides is 1. The fourth-order valence-corrected chi connectivity index (χ4v) is 3.31. The molecule has 0 aliphatic heterocycles. The van der Waals surface area contributed by atoms with Gasteiger partial charge in [0.05, 0.1) is 0 Å². The number of hydrogen-bond acceptors (Lipinski definition) is 1. The van der Waals surface area contributed by atoms with E-state index in [-0.39, 0.29) is 18.4 Å². The van der Waals surface area contributed by atoms with E-state index in [0.29, 0.717) is 5.41 Å². The first kappa shape index (κ1) is 29.4. The van der Waals surface area contributed by atoms with E-state index in [1.165, 1.54) is 38.5 Å². The number of amides is 1. The molecule has 0 bridgehead atoms. The number of carbonyl (C=O) groups excluding carboxylic acids is 1. The molecule has 0 aromatic heterocycles. The number of carbonyl (C=O) groups is 1. The van der Waals surface area contributed by atoms with Crippen LogP contribution in [0.4, 0.5) is 4.39 Å². The molecule has 0 aromatic carbocycles. The lowest BCUT2D eigenvalue weighted by molar-refractivity contribution is -0.124. The summed E-state index contributed by atoms with van der Waals surface area (Å²) < 4.78 is 12.0. The normalized spacial score (nSPS) is 13.8. The van der Waals surface area contributed by atoms with Crippen molar-refractivity contribution in [2.24, 2.45) is 11.3 Å². The molecule has 0 aliphatic carbocycles. The summed E-state index contributed by atoms with van der Waals surface area (Å²) in [6, 6.07) is 0. The third-order valence-corrected chi connectivity index (χ3v) is 5.42. The van der Waals surface area contributed by atoms with Crippen LogP contribution in [0, 0.1) is 11.3 Å². The van der Waals surface area contributed by atoms with Crippen molar-refractivity contribution in [1.82, 2.24) is 5.32 Å². The van der Waals surface area contributed by atoms with Crippen LogP contribution in [0.2, 0.25) is 0 Å². The molecule has 0 fully saturated rings. The first-order valence-electron chi connectivity index (χ1n) is 12.4. The molecule has 3 heteroatoms. The number of halogens is 1. The van der Waals surface area contributed by atoms with Crippen molar-refractivity contribution in [2.45, 2.75) is 98.3 Å². The summed E-state index contributed by atoms with van der Waals surface area (Å²) in [7, 11) is 0. The Morgan fingerprint density at radius 3 is 2.10 bits per heavy atom. The van der Waals surface area contributed by atoms with Crippen molar-refractivity contribution in [3.05, 3.63) is 48.6 Å². The zero-order valence-corrected chi connectivity index (χ0v) is 20.7. The summed E-state index contributed by atoms with van der Waals surface area (Å²) in [5.74, 6) is -0.124. The molecule has 2 nitrogen and oxygen atoms in total. The number of allylic oxidation sites excluding steroid dienone is 8. The van der Waals surface area contributed by atoms with Gasteiger partial charge in [-0.25, -0.2) is 4.39 Å². The van der Waals surface area contributed by atoms with Crippen LogP contribution >= 0.6 is 0 Å². The SMILES string of the molecule is CCCCCCCC(C)(C)/C=C\C/C=C\C/C=C\C/C=C\CC[C@H](C)C(=O)NCCF. The molecule has 0 saturated heterocycles. The van der Waals surface area contributed by atoms with E-state index >= 15 is 0 Å². The first-order valence-corrected chi connectivity index (χ1v) is 12.4. The molecule has 0 heterocycles. The maximum atomic E-state index is 12.0. The quantitative estimate of drug-likeness (QED) is 0.161. The lowest BCUT2D eigenvalue weighted by Crippen LogP contribution is -2.30. The van der Waals surface area contributed by atoms with E-state index in [2.05, 4.69) is 74.7 Å². The van der Waals surface area contributed by atoms with Crippen molar-refractivity contribution >= 4 is 5.91 Å². The largest absolute Gasteiger partial charge is 0.353 e. The van der Waals surface area contributed by atoms with Crippen LogP contribution in [0.5, 0.6) is 0 Å². The van der Waals surface area contributed by atoms with Gasteiger partial charge in [0.25, 0.3) is 0 Å². The fourth-order valence-electron chi connectivity index (χ4n) is 3.31. The number of nitrogens with one attached hydrogen (secondary N) is 1. The van der Waals surface area contributed by atoms with E-state index < -0.39 is 6.67 Å². The van der Waals surface area contributed by atoms with E-state index in [1.807, 2.05) is 6.92 Å². The number of rotatable bonds is 19. The van der Waals surface area contributed by atoms with Crippen LogP contribution in [0.25, 0.3) is 0 Å². The first-order chi connectivity index (χ1) is 14.9. The molecular formula is C28H48FNO. The zero-order chi connectivity index (χ0) is 23.2. The Kier molecular flexibility index (Phi) is 19.2. The van der Waals surface area contributed by atoms with Crippen molar-refractivity contribution in [3.63, 3.8) is 0 Å². The van der Waals surface area contributed by atoms with Crippen LogP contribution in [-0.4, -0.2) is 19.1 Å². The monoisotopic (exact) mass is 433 g/mol. The highest BCUT2D eigenvalue weighted by Gasteiger charge is 2.12. The van der Waals surface area contributed by atoms with Gasteiger partial charge in [-0.15, -0.1) is 0 Å². The smallest absolute Gasteiger partial charge is 0.222 e. The van der Waals surface area contributed by atoms with Gasteiger partial charge in [0, 0.05) is 12.5 Å². The van der Waals surface area contributed by atoms with E-state index in [9.17, 15) is 9.18 Å². The molecular weight excluding hydrogens is 385 g/mol. The molecule has 1 N–H and O–H groups in total. The van der Waals surface area contributed by atoms with Gasteiger partial charge < -0.3 is 5.32 Å². The van der Waals surface area contributed by atoms with Gasteiger partial charge in [-0.1, -0.05) is 108 Å². The van der Waals surface area contributed by atoms with Gasteiger partial charge in [-0.05, 0) is 43.9 Å². The Bertz CT molecular complexity index is 545. The third kappa shape index (κ3) is 20.0. The van der Waals surface area contributed by atoms with E-state index in [0.717, 1.165) is 32.1 Å². The zero-order valence-electron chi connectivity index (χ0n) is 20.7. The minimum atomic E-state index is -0.506. The second-order valence-electron chi connectivity index (χ2n) is 9.13. The Morgan fingerprint density at radius 2 is 1.48 bits per heavy atom. The average Bonchev–Trinajstić information content (AvgIpc) is 2.74. The highest BCUT2D eigenvalue weighted by atomic mass is 19.1. The highest BCUT2D eigenvalue weighted by Crippen LogP contribution is 2.25. The molecule has 0 spiro atoms. The number of unbranched alkanes of at least 4 members (excludes halogenated alkanes) is 4. The van der Waals surface area contributed by atoms with Crippen molar-refractivity contribution in [2.75, 3.05) is 13.2 Å². The summed E-state index contributed by atoms with van der Waals surface area (Å²) in [5.41, 5.74) is 0.308.